The van der Waals surface area contributed by atoms with Gasteiger partial charge in [0.1, 0.15) is 0 Å². The third kappa shape index (κ3) is 6.95. The van der Waals surface area contributed by atoms with E-state index < -0.39 is 43.9 Å². The van der Waals surface area contributed by atoms with Gasteiger partial charge in [0.2, 0.25) is 0 Å². The molecule has 9 heteroatoms. The molecule has 0 amide bonds. The topological polar surface area (TPSA) is 43.4 Å². The zero-order valence-electron chi connectivity index (χ0n) is 12.5. The van der Waals surface area contributed by atoms with Crippen LogP contribution in [0.3, 0.4) is 0 Å². The van der Waals surface area contributed by atoms with Crippen molar-refractivity contribution in [1.82, 2.24) is 0 Å². The molecule has 0 saturated heterocycles. The van der Waals surface area contributed by atoms with E-state index in [1.807, 2.05) is 19.6 Å². The predicted molar refractivity (Wildman–Crippen MR) is 94.1 cm³/mol. The van der Waals surface area contributed by atoms with E-state index in [9.17, 15) is 21.6 Å². The number of halogens is 4. The Morgan fingerprint density at radius 3 is 2.13 bits per heavy atom. The Morgan fingerprint density at radius 2 is 1.65 bits per heavy atom. The van der Waals surface area contributed by atoms with Crippen molar-refractivity contribution in [2.75, 3.05) is 0 Å². The molecule has 0 spiro atoms. The zero-order valence-corrected chi connectivity index (χ0v) is 16.5. The molecule has 0 unspecified atom stereocenters. The van der Waals surface area contributed by atoms with Gasteiger partial charge in [-0.2, -0.15) is 0 Å². The number of alkyl halides is 3. The summed E-state index contributed by atoms with van der Waals surface area (Å²) in [5.41, 5.74) is -2.53. The number of hydrogen-bond acceptors (Lipinski definition) is 3. The summed E-state index contributed by atoms with van der Waals surface area (Å²) in [5.74, 6) is 5.03. The van der Waals surface area contributed by atoms with Gasteiger partial charge in [-0.05, 0) is 0 Å². The molecule has 1 aromatic carbocycles. The van der Waals surface area contributed by atoms with Crippen molar-refractivity contribution < 1.29 is 24.1 Å². The molecule has 0 fully saturated rings. The fourth-order valence-corrected chi connectivity index (χ4v) is 6.50. The van der Waals surface area contributed by atoms with Gasteiger partial charge >= 0.3 is 143 Å². The molecule has 1 aromatic rings. The van der Waals surface area contributed by atoms with E-state index in [4.69, 9.17) is 0 Å². The maximum atomic E-state index is 12.5. The number of benzene rings is 1. The van der Waals surface area contributed by atoms with Crippen molar-refractivity contribution in [3.8, 4) is 21.3 Å². The molecule has 0 aliphatic heterocycles. The zero-order chi connectivity index (χ0) is 17.7. The molecule has 0 radical (unpaired) electrons. The third-order valence-corrected chi connectivity index (χ3v) is 8.84. The minimum atomic E-state index is -5.68. The maximum absolute atomic E-state index is 12.5. The van der Waals surface area contributed by atoms with E-state index in [1.54, 1.807) is 18.2 Å². The molecule has 0 saturated carbocycles. The van der Waals surface area contributed by atoms with Crippen LogP contribution in [0.15, 0.2) is 30.3 Å². The second-order valence-corrected chi connectivity index (χ2v) is 15.8. The van der Waals surface area contributed by atoms with Gasteiger partial charge in [-0.1, -0.05) is 0 Å². The first-order valence-electron chi connectivity index (χ1n) is 6.21. The molecule has 126 valence electrons. The van der Waals surface area contributed by atoms with Crippen LogP contribution in [-0.4, -0.2) is 22.0 Å². The summed E-state index contributed by atoms with van der Waals surface area (Å²) in [4.78, 5) is 0. The van der Waals surface area contributed by atoms with Gasteiger partial charge < -0.3 is 0 Å². The van der Waals surface area contributed by atoms with E-state index in [-0.39, 0.29) is 0 Å². The number of hydrogen-bond donors (Lipinski definition) is 0. The van der Waals surface area contributed by atoms with Crippen LogP contribution in [-0.2, 0) is 12.6 Å². The molecule has 0 atom stereocenters. The summed E-state index contributed by atoms with van der Waals surface area (Å²) in [7, 11) is -7.35. The van der Waals surface area contributed by atoms with Gasteiger partial charge in [0.15, 0.2) is 0 Å². The van der Waals surface area contributed by atoms with Crippen LogP contribution >= 0.6 is 20.2 Å². The average Bonchev–Trinajstić information content (AvgIpc) is 2.40. The van der Waals surface area contributed by atoms with Crippen LogP contribution in [0.2, 0.25) is 19.6 Å². The average molecular weight is 474 g/mol. The minimum absolute atomic E-state index is 0.354. The van der Waals surface area contributed by atoms with Gasteiger partial charge in [-0.3, -0.25) is 0 Å². The number of rotatable bonds is 3. The summed E-state index contributed by atoms with van der Waals surface area (Å²) < 4.78 is 67.2. The van der Waals surface area contributed by atoms with E-state index >= 15 is 0 Å². The molecule has 0 aromatic heterocycles. The van der Waals surface area contributed by atoms with Crippen LogP contribution in [0.5, 0.6) is 0 Å². The van der Waals surface area contributed by atoms with Crippen molar-refractivity contribution >= 4 is 38.4 Å². The van der Waals surface area contributed by atoms with Crippen LogP contribution in [0, 0.1) is 24.9 Å². The van der Waals surface area contributed by atoms with Crippen molar-refractivity contribution in [2.45, 2.75) is 25.1 Å². The van der Waals surface area contributed by atoms with Gasteiger partial charge in [0, 0.05) is 0 Å². The molecular formula is C14H14F3IO3SSi. The molecule has 3 nitrogen and oxygen atoms in total. The van der Waals surface area contributed by atoms with E-state index in [2.05, 4.69) is 23.8 Å². The Balaban J connectivity index is 3.15. The Bertz CT molecular complexity index is 763. The van der Waals surface area contributed by atoms with Crippen LogP contribution in [0.25, 0.3) is 0 Å². The van der Waals surface area contributed by atoms with Crippen LogP contribution in [0.1, 0.15) is 0 Å². The van der Waals surface area contributed by atoms with E-state index in [0.717, 1.165) is 0 Å². The SMILES string of the molecule is C[Si](C)(C)C#CC#CI(OS(=O)(=O)C(F)(F)F)c1ccccc1. The molecule has 0 N–H and O–H groups in total. The van der Waals surface area contributed by atoms with Gasteiger partial charge in [0.05, 0.1) is 0 Å². The first-order chi connectivity index (χ1) is 10.4. The molecule has 0 aliphatic rings. The van der Waals surface area contributed by atoms with Gasteiger partial charge in [-0.15, -0.1) is 0 Å². The Labute approximate surface area is 142 Å². The quantitative estimate of drug-likeness (QED) is 0.288. The monoisotopic (exact) mass is 474 g/mol. The second-order valence-electron chi connectivity index (χ2n) is 5.23. The molecule has 0 aliphatic carbocycles. The van der Waals surface area contributed by atoms with Crippen molar-refractivity contribution in [1.29, 1.82) is 0 Å². The predicted octanol–water partition coefficient (Wildman–Crippen LogP) is 3.99. The molecule has 0 bridgehead atoms. The summed E-state index contributed by atoms with van der Waals surface area (Å²) in [6.07, 6.45) is 0. The van der Waals surface area contributed by atoms with Crippen molar-refractivity contribution in [2.24, 2.45) is 0 Å². The van der Waals surface area contributed by atoms with E-state index in [0.29, 0.717) is 3.57 Å². The van der Waals surface area contributed by atoms with Crippen LogP contribution < -0.4 is 0 Å². The standard InChI is InChI=1S/C14H14F3IO3SSi/c1-23(2,3)12-8-7-11-18(13-9-5-4-6-10-13)21-22(19,20)14(15,16)17/h4-6,9-10H,1-3H3. The fraction of sp³-hybridized carbons (Fsp3) is 0.286. The molecular weight excluding hydrogens is 460 g/mol. The Hall–Kier alpha value is -1.01. The third-order valence-electron chi connectivity index (χ3n) is 1.99. The molecule has 0 heterocycles. The summed E-state index contributed by atoms with van der Waals surface area (Å²) in [5, 5.41) is 0. The normalized spacial score (nSPS) is 12.5. The van der Waals surface area contributed by atoms with E-state index in [1.165, 1.54) is 12.1 Å². The summed E-state index contributed by atoms with van der Waals surface area (Å²) in [6, 6.07) is 7.82. The van der Waals surface area contributed by atoms with Gasteiger partial charge in [-0.25, -0.2) is 0 Å². The first kappa shape index (κ1) is 20.0. The van der Waals surface area contributed by atoms with Crippen molar-refractivity contribution in [3.05, 3.63) is 33.9 Å². The molecule has 1 rings (SSSR count). The molecule has 23 heavy (non-hydrogen) atoms. The van der Waals surface area contributed by atoms with Crippen molar-refractivity contribution in [3.63, 3.8) is 0 Å². The van der Waals surface area contributed by atoms with Crippen LogP contribution in [0.4, 0.5) is 13.2 Å². The Kier molecular flexibility index (Phi) is 6.71. The second kappa shape index (κ2) is 7.70. The summed E-state index contributed by atoms with van der Waals surface area (Å²) >= 11 is -3.36. The summed E-state index contributed by atoms with van der Waals surface area (Å²) in [6.45, 7) is 5.96. The van der Waals surface area contributed by atoms with Gasteiger partial charge in [0.25, 0.3) is 0 Å². The first-order valence-corrected chi connectivity index (χ1v) is 14.2. The Morgan fingerprint density at radius 1 is 1.09 bits per heavy atom. The fourth-order valence-electron chi connectivity index (χ4n) is 1.04.